The van der Waals surface area contributed by atoms with Crippen molar-refractivity contribution in [2.24, 2.45) is 0 Å². The number of piperazine rings is 1. The van der Waals surface area contributed by atoms with E-state index in [9.17, 15) is 9.59 Å². The number of nitrogens with zero attached hydrogens (tertiary/aromatic N) is 4. The molecule has 0 radical (unpaired) electrons. The Balaban J connectivity index is 1.17. The summed E-state index contributed by atoms with van der Waals surface area (Å²) < 4.78 is 0. The third-order valence-electron chi connectivity index (χ3n) is 7.86. The molecule has 9 nitrogen and oxygen atoms in total. The molecule has 2 aromatic rings. The molecule has 0 saturated carbocycles. The summed E-state index contributed by atoms with van der Waals surface area (Å²) in [5, 5.41) is 10.1. The zero-order valence-corrected chi connectivity index (χ0v) is 21.8. The van der Waals surface area contributed by atoms with Crippen molar-refractivity contribution in [3.05, 3.63) is 59.3 Å². The predicted molar refractivity (Wildman–Crippen MR) is 144 cm³/mol. The number of fused-ring (bicyclic) bond motifs is 1. The standard InChI is InChI=1S/C28H39N7O2/c1-21(36)34-12-7-25(8-13-34)32-27-16-22(6-9-30-27)28(37)31-17-26(35-14-10-29-11-15-35)20-33-18-23-4-2-3-5-24(23)19-33/h2-6,9,16,25-26,29H,7-8,10-15,17-20H2,1H3,(H,30,32)(H,31,37)/t26-/m0/s1. The van der Waals surface area contributed by atoms with E-state index in [0.717, 1.165) is 71.7 Å². The fourth-order valence-electron chi connectivity index (χ4n) is 5.70. The first-order valence-electron chi connectivity index (χ1n) is 13.6. The molecule has 1 atom stereocenters. The first-order valence-corrected chi connectivity index (χ1v) is 13.6. The molecule has 0 aliphatic carbocycles. The highest BCUT2D eigenvalue weighted by molar-refractivity contribution is 5.94. The molecule has 1 aromatic carbocycles. The number of piperidine rings is 1. The zero-order chi connectivity index (χ0) is 25.6. The van der Waals surface area contributed by atoms with Crippen molar-refractivity contribution >= 4 is 17.6 Å². The van der Waals surface area contributed by atoms with Crippen molar-refractivity contribution < 1.29 is 9.59 Å². The van der Waals surface area contributed by atoms with Crippen molar-refractivity contribution in [1.29, 1.82) is 0 Å². The first-order chi connectivity index (χ1) is 18.0. The highest BCUT2D eigenvalue weighted by atomic mass is 16.2. The fourth-order valence-corrected chi connectivity index (χ4v) is 5.70. The molecule has 3 aliphatic rings. The minimum atomic E-state index is -0.0679. The lowest BCUT2D eigenvalue weighted by Crippen LogP contribution is -2.55. The van der Waals surface area contributed by atoms with Gasteiger partial charge >= 0.3 is 0 Å². The van der Waals surface area contributed by atoms with Crippen LogP contribution in [0, 0.1) is 0 Å². The molecule has 3 N–H and O–H groups in total. The summed E-state index contributed by atoms with van der Waals surface area (Å²) in [6, 6.07) is 12.8. The average Bonchev–Trinajstić information content (AvgIpc) is 3.34. The molecule has 1 aromatic heterocycles. The Morgan fingerprint density at radius 1 is 1.05 bits per heavy atom. The van der Waals surface area contributed by atoms with Crippen LogP contribution in [0.25, 0.3) is 0 Å². The van der Waals surface area contributed by atoms with Crippen LogP contribution in [0.15, 0.2) is 42.6 Å². The minimum Gasteiger partial charge on any atom is -0.367 e. The van der Waals surface area contributed by atoms with E-state index in [1.165, 1.54) is 11.1 Å². The topological polar surface area (TPSA) is 92.8 Å². The summed E-state index contributed by atoms with van der Waals surface area (Å²) in [4.78, 5) is 36.1. The Bertz CT molecular complexity index is 1050. The Hall–Kier alpha value is -3.01. The highest BCUT2D eigenvalue weighted by Gasteiger charge is 2.27. The van der Waals surface area contributed by atoms with Gasteiger partial charge in [0.1, 0.15) is 5.82 Å². The van der Waals surface area contributed by atoms with Crippen LogP contribution in [0.2, 0.25) is 0 Å². The van der Waals surface area contributed by atoms with Crippen molar-refractivity contribution in [1.82, 2.24) is 30.3 Å². The lowest BCUT2D eigenvalue weighted by molar-refractivity contribution is -0.129. The number of rotatable bonds is 8. The predicted octanol–water partition coefficient (Wildman–Crippen LogP) is 1.52. The monoisotopic (exact) mass is 505 g/mol. The Kier molecular flexibility index (Phi) is 8.33. The van der Waals surface area contributed by atoms with Gasteiger partial charge in [0, 0.05) is 96.2 Å². The van der Waals surface area contributed by atoms with Gasteiger partial charge < -0.3 is 20.9 Å². The maximum absolute atomic E-state index is 13.2. The Morgan fingerprint density at radius 3 is 2.43 bits per heavy atom. The second kappa shape index (κ2) is 12.0. The minimum absolute atomic E-state index is 0.0679. The van der Waals surface area contributed by atoms with E-state index in [1.54, 1.807) is 19.2 Å². The van der Waals surface area contributed by atoms with E-state index >= 15 is 0 Å². The van der Waals surface area contributed by atoms with Gasteiger partial charge in [-0.25, -0.2) is 4.98 Å². The largest absolute Gasteiger partial charge is 0.367 e. The van der Waals surface area contributed by atoms with Crippen molar-refractivity contribution in [3.8, 4) is 0 Å². The Labute approximate surface area is 219 Å². The van der Waals surface area contributed by atoms with Crippen LogP contribution in [-0.2, 0) is 17.9 Å². The number of carbonyl (C=O) groups is 2. The number of carbonyl (C=O) groups excluding carboxylic acids is 2. The quantitative estimate of drug-likeness (QED) is 0.501. The molecule has 0 unspecified atom stereocenters. The number of anilines is 1. The normalized spacial score (nSPS) is 19.9. The second-order valence-corrected chi connectivity index (χ2v) is 10.4. The van der Waals surface area contributed by atoms with E-state index in [0.29, 0.717) is 17.9 Å². The SMILES string of the molecule is CC(=O)N1CCC(Nc2cc(C(=O)NC[C@@H](CN3Cc4ccccc4C3)N3CCNCC3)ccn2)CC1. The number of hydrogen-bond donors (Lipinski definition) is 3. The molecule has 2 fully saturated rings. The van der Waals surface area contributed by atoms with Gasteiger partial charge in [-0.15, -0.1) is 0 Å². The first kappa shape index (κ1) is 25.6. The molecule has 4 heterocycles. The zero-order valence-electron chi connectivity index (χ0n) is 21.8. The third-order valence-corrected chi connectivity index (χ3v) is 7.86. The molecule has 37 heavy (non-hydrogen) atoms. The van der Waals surface area contributed by atoms with Crippen LogP contribution in [0.5, 0.6) is 0 Å². The van der Waals surface area contributed by atoms with Crippen molar-refractivity contribution in [2.75, 3.05) is 57.7 Å². The molecule has 2 saturated heterocycles. The van der Waals surface area contributed by atoms with Gasteiger partial charge in [0.05, 0.1) is 0 Å². The second-order valence-electron chi connectivity index (χ2n) is 10.4. The molecule has 9 heteroatoms. The third kappa shape index (κ3) is 6.66. The number of pyridine rings is 1. The van der Waals surface area contributed by atoms with Crippen LogP contribution in [0.3, 0.4) is 0 Å². The average molecular weight is 506 g/mol. The highest BCUT2D eigenvalue weighted by Crippen LogP contribution is 2.23. The van der Waals surface area contributed by atoms with Crippen LogP contribution in [0.4, 0.5) is 5.82 Å². The molecular formula is C28H39N7O2. The summed E-state index contributed by atoms with van der Waals surface area (Å²) in [6.45, 7) is 10.6. The lowest BCUT2D eigenvalue weighted by atomic mass is 10.0. The van der Waals surface area contributed by atoms with Crippen molar-refractivity contribution in [3.63, 3.8) is 0 Å². The van der Waals surface area contributed by atoms with Gasteiger partial charge in [0.15, 0.2) is 0 Å². The molecule has 5 rings (SSSR count). The van der Waals surface area contributed by atoms with E-state index in [4.69, 9.17) is 0 Å². The van der Waals surface area contributed by atoms with Gasteiger partial charge in [-0.1, -0.05) is 24.3 Å². The van der Waals surface area contributed by atoms with Gasteiger partial charge in [-0.3, -0.25) is 19.4 Å². The van der Waals surface area contributed by atoms with Gasteiger partial charge in [0.25, 0.3) is 5.91 Å². The molecular weight excluding hydrogens is 466 g/mol. The number of amides is 2. The van der Waals surface area contributed by atoms with E-state index in [-0.39, 0.29) is 23.9 Å². The summed E-state index contributed by atoms with van der Waals surface area (Å²) in [6.07, 6.45) is 3.45. The maximum Gasteiger partial charge on any atom is 0.251 e. The van der Waals surface area contributed by atoms with Gasteiger partial charge in [-0.2, -0.15) is 0 Å². The Morgan fingerprint density at radius 2 is 1.76 bits per heavy atom. The molecule has 3 aliphatic heterocycles. The number of benzene rings is 1. The van der Waals surface area contributed by atoms with Crippen LogP contribution >= 0.6 is 0 Å². The van der Waals surface area contributed by atoms with Crippen LogP contribution in [0.1, 0.15) is 41.3 Å². The lowest BCUT2D eigenvalue weighted by Gasteiger charge is -2.37. The van der Waals surface area contributed by atoms with E-state index in [2.05, 4.69) is 55.0 Å². The smallest absolute Gasteiger partial charge is 0.251 e. The van der Waals surface area contributed by atoms with E-state index in [1.807, 2.05) is 11.0 Å². The number of likely N-dealkylation sites (tertiary alicyclic amines) is 1. The summed E-state index contributed by atoms with van der Waals surface area (Å²) in [5.41, 5.74) is 3.44. The van der Waals surface area contributed by atoms with E-state index < -0.39 is 0 Å². The molecule has 2 amide bonds. The molecule has 0 bridgehead atoms. The summed E-state index contributed by atoms with van der Waals surface area (Å²) in [5.74, 6) is 0.771. The number of hydrogen-bond acceptors (Lipinski definition) is 7. The van der Waals surface area contributed by atoms with Gasteiger partial charge in [0.2, 0.25) is 5.91 Å². The van der Waals surface area contributed by atoms with Gasteiger partial charge in [-0.05, 0) is 36.1 Å². The van der Waals surface area contributed by atoms with Crippen LogP contribution in [-0.4, -0.2) is 95.9 Å². The summed E-state index contributed by atoms with van der Waals surface area (Å²) >= 11 is 0. The molecule has 0 spiro atoms. The molecule has 198 valence electrons. The summed E-state index contributed by atoms with van der Waals surface area (Å²) in [7, 11) is 0. The fraction of sp³-hybridized carbons (Fsp3) is 0.536. The number of nitrogens with one attached hydrogen (secondary N) is 3. The maximum atomic E-state index is 13.2. The van der Waals surface area contributed by atoms with Crippen LogP contribution < -0.4 is 16.0 Å². The van der Waals surface area contributed by atoms with Crippen molar-refractivity contribution in [2.45, 2.75) is 44.9 Å². The number of aromatic nitrogens is 1.